The minimum atomic E-state index is -3.68. The van der Waals surface area contributed by atoms with Crippen LogP contribution in [-0.2, 0) is 16.6 Å². The van der Waals surface area contributed by atoms with Crippen molar-refractivity contribution in [1.82, 2.24) is 14.4 Å². The van der Waals surface area contributed by atoms with E-state index in [1.54, 1.807) is 32.0 Å². The SMILES string of the molecule is Cc1cc(C(=O)Nc2ccc(S(=O)(=O)N(C)Cc3ccccc3)cc2)c2c(C)noc2n1. The predicted octanol–water partition coefficient (Wildman–Crippen LogP) is 3.91. The lowest BCUT2D eigenvalue weighted by molar-refractivity contribution is 0.102. The van der Waals surface area contributed by atoms with Crippen molar-refractivity contribution >= 4 is 32.7 Å². The molecule has 1 amide bonds. The van der Waals surface area contributed by atoms with Crippen molar-refractivity contribution < 1.29 is 17.7 Å². The average molecular weight is 451 g/mol. The summed E-state index contributed by atoms with van der Waals surface area (Å²) in [6, 6.07) is 17.1. The maximum atomic E-state index is 12.9. The van der Waals surface area contributed by atoms with E-state index in [0.29, 0.717) is 33.7 Å². The molecule has 2 aromatic heterocycles. The summed E-state index contributed by atoms with van der Waals surface area (Å²) in [5.74, 6) is -0.358. The molecular formula is C23H22N4O4S. The zero-order valence-electron chi connectivity index (χ0n) is 17.9. The Labute approximate surface area is 185 Å². The van der Waals surface area contributed by atoms with Gasteiger partial charge < -0.3 is 9.84 Å². The fourth-order valence-electron chi connectivity index (χ4n) is 3.41. The third kappa shape index (κ3) is 4.25. The highest BCUT2D eigenvalue weighted by molar-refractivity contribution is 7.89. The Kier molecular flexibility index (Phi) is 5.77. The van der Waals surface area contributed by atoms with E-state index in [0.717, 1.165) is 5.56 Å². The summed E-state index contributed by atoms with van der Waals surface area (Å²) in [4.78, 5) is 17.3. The maximum Gasteiger partial charge on any atom is 0.258 e. The number of hydrogen-bond donors (Lipinski definition) is 1. The Hall–Kier alpha value is -3.56. The van der Waals surface area contributed by atoms with Crippen molar-refractivity contribution in [1.29, 1.82) is 0 Å². The number of fused-ring (bicyclic) bond motifs is 1. The van der Waals surface area contributed by atoms with Gasteiger partial charge >= 0.3 is 0 Å². The topological polar surface area (TPSA) is 105 Å². The molecule has 0 atom stereocenters. The smallest absolute Gasteiger partial charge is 0.258 e. The molecule has 0 bridgehead atoms. The number of carbonyl (C=O) groups excluding carboxylic acids is 1. The van der Waals surface area contributed by atoms with Crippen LogP contribution in [0.2, 0.25) is 0 Å². The number of amides is 1. The highest BCUT2D eigenvalue weighted by Gasteiger charge is 2.22. The first-order valence-electron chi connectivity index (χ1n) is 9.91. The van der Waals surface area contributed by atoms with Crippen LogP contribution in [0.4, 0.5) is 5.69 Å². The second kappa shape index (κ2) is 8.52. The Bertz CT molecular complexity index is 1380. The minimum absolute atomic E-state index is 0.144. The summed E-state index contributed by atoms with van der Waals surface area (Å²) in [5.41, 5.74) is 3.25. The molecule has 0 saturated carbocycles. The van der Waals surface area contributed by atoms with Crippen molar-refractivity contribution in [2.45, 2.75) is 25.3 Å². The molecule has 0 aliphatic heterocycles. The number of sulfonamides is 1. The molecule has 0 spiro atoms. The number of pyridine rings is 1. The lowest BCUT2D eigenvalue weighted by Crippen LogP contribution is -2.26. The quantitative estimate of drug-likeness (QED) is 0.477. The first kappa shape index (κ1) is 21.7. The maximum absolute atomic E-state index is 12.9. The molecule has 4 aromatic rings. The normalized spacial score (nSPS) is 11.8. The first-order chi connectivity index (χ1) is 15.3. The molecule has 0 aliphatic carbocycles. The van der Waals surface area contributed by atoms with Gasteiger partial charge in [0, 0.05) is 25.0 Å². The van der Waals surface area contributed by atoms with Crippen LogP contribution in [0.3, 0.4) is 0 Å². The van der Waals surface area contributed by atoms with Gasteiger partial charge in [0.25, 0.3) is 11.6 Å². The van der Waals surface area contributed by atoms with E-state index >= 15 is 0 Å². The van der Waals surface area contributed by atoms with Gasteiger partial charge in [0.05, 0.1) is 21.5 Å². The molecule has 9 heteroatoms. The standard InChI is InChI=1S/C23H22N4O4S/c1-15-13-20(21-16(2)26-31-23(21)24-15)22(28)25-18-9-11-19(12-10-18)32(29,30)27(3)14-17-7-5-4-6-8-17/h4-13H,14H2,1-3H3,(H,25,28). The largest absolute Gasteiger partial charge is 0.336 e. The van der Waals surface area contributed by atoms with E-state index in [1.165, 1.54) is 23.5 Å². The summed E-state index contributed by atoms with van der Waals surface area (Å²) >= 11 is 0. The molecule has 4 rings (SSSR count). The third-order valence-electron chi connectivity index (χ3n) is 5.06. The fraction of sp³-hybridized carbons (Fsp3) is 0.174. The molecule has 0 unspecified atom stereocenters. The van der Waals surface area contributed by atoms with Gasteiger partial charge in [-0.2, -0.15) is 4.31 Å². The van der Waals surface area contributed by atoms with Crippen molar-refractivity contribution in [3.63, 3.8) is 0 Å². The van der Waals surface area contributed by atoms with Gasteiger partial charge in [0.2, 0.25) is 10.0 Å². The molecule has 8 nitrogen and oxygen atoms in total. The summed E-state index contributed by atoms with van der Waals surface area (Å²) in [7, 11) is -2.14. The minimum Gasteiger partial charge on any atom is -0.336 e. The Morgan fingerprint density at radius 3 is 2.44 bits per heavy atom. The first-order valence-corrected chi connectivity index (χ1v) is 11.3. The van der Waals surface area contributed by atoms with Crippen LogP contribution in [0.5, 0.6) is 0 Å². The average Bonchev–Trinajstić information content (AvgIpc) is 3.14. The van der Waals surface area contributed by atoms with Gasteiger partial charge in [-0.05, 0) is 49.7 Å². The van der Waals surface area contributed by atoms with E-state index in [2.05, 4.69) is 15.5 Å². The van der Waals surface area contributed by atoms with Gasteiger partial charge in [-0.15, -0.1) is 0 Å². The van der Waals surface area contributed by atoms with Crippen LogP contribution in [0.25, 0.3) is 11.1 Å². The zero-order chi connectivity index (χ0) is 22.9. The van der Waals surface area contributed by atoms with E-state index < -0.39 is 10.0 Å². The summed E-state index contributed by atoms with van der Waals surface area (Å²) in [5, 5.41) is 7.23. The number of hydrogen-bond acceptors (Lipinski definition) is 6. The lowest BCUT2D eigenvalue weighted by Gasteiger charge is -2.17. The lowest BCUT2D eigenvalue weighted by atomic mass is 10.1. The van der Waals surface area contributed by atoms with Gasteiger partial charge in [-0.1, -0.05) is 35.5 Å². The predicted molar refractivity (Wildman–Crippen MR) is 121 cm³/mol. The Balaban J connectivity index is 1.53. The van der Waals surface area contributed by atoms with E-state index in [1.807, 2.05) is 30.3 Å². The van der Waals surface area contributed by atoms with Crippen molar-refractivity contribution in [2.75, 3.05) is 12.4 Å². The second-order valence-electron chi connectivity index (χ2n) is 7.48. The van der Waals surface area contributed by atoms with Gasteiger partial charge in [-0.3, -0.25) is 4.79 Å². The van der Waals surface area contributed by atoms with Gasteiger partial charge in [-0.25, -0.2) is 13.4 Å². The highest BCUT2D eigenvalue weighted by atomic mass is 32.2. The highest BCUT2D eigenvalue weighted by Crippen LogP contribution is 2.24. The van der Waals surface area contributed by atoms with Crippen LogP contribution in [0, 0.1) is 13.8 Å². The van der Waals surface area contributed by atoms with Crippen LogP contribution >= 0.6 is 0 Å². The Morgan fingerprint density at radius 1 is 1.06 bits per heavy atom. The van der Waals surface area contributed by atoms with Crippen LogP contribution in [0.15, 0.2) is 70.1 Å². The van der Waals surface area contributed by atoms with Crippen LogP contribution < -0.4 is 5.32 Å². The van der Waals surface area contributed by atoms with Crippen LogP contribution in [-0.4, -0.2) is 35.8 Å². The number of rotatable bonds is 6. The molecule has 0 saturated heterocycles. The molecule has 164 valence electrons. The second-order valence-corrected chi connectivity index (χ2v) is 9.53. The molecule has 1 N–H and O–H groups in total. The molecule has 2 heterocycles. The molecule has 0 radical (unpaired) electrons. The monoisotopic (exact) mass is 450 g/mol. The molecule has 0 fully saturated rings. The number of nitrogens with one attached hydrogen (secondary N) is 1. The number of anilines is 1. The van der Waals surface area contributed by atoms with Crippen LogP contribution in [0.1, 0.15) is 27.3 Å². The summed E-state index contributed by atoms with van der Waals surface area (Å²) in [6.45, 7) is 3.77. The Morgan fingerprint density at radius 2 is 1.75 bits per heavy atom. The molecule has 0 aliphatic rings. The van der Waals surface area contributed by atoms with Crippen molar-refractivity contribution in [2.24, 2.45) is 0 Å². The molecular weight excluding hydrogens is 428 g/mol. The molecule has 2 aromatic carbocycles. The van der Waals surface area contributed by atoms with Crippen molar-refractivity contribution in [3.05, 3.63) is 83.2 Å². The van der Waals surface area contributed by atoms with E-state index in [-0.39, 0.29) is 17.3 Å². The summed E-state index contributed by atoms with van der Waals surface area (Å²) in [6.07, 6.45) is 0. The third-order valence-corrected chi connectivity index (χ3v) is 6.88. The number of aryl methyl sites for hydroxylation is 2. The number of carbonyl (C=O) groups is 1. The van der Waals surface area contributed by atoms with Crippen molar-refractivity contribution in [3.8, 4) is 0 Å². The number of nitrogens with zero attached hydrogens (tertiary/aromatic N) is 3. The fourth-order valence-corrected chi connectivity index (χ4v) is 4.57. The number of aromatic nitrogens is 2. The van der Waals surface area contributed by atoms with Gasteiger partial charge in [0.15, 0.2) is 0 Å². The van der Waals surface area contributed by atoms with E-state index in [9.17, 15) is 13.2 Å². The number of benzene rings is 2. The van der Waals surface area contributed by atoms with E-state index in [4.69, 9.17) is 4.52 Å². The van der Waals surface area contributed by atoms with Gasteiger partial charge in [0.1, 0.15) is 0 Å². The zero-order valence-corrected chi connectivity index (χ0v) is 18.7. The summed E-state index contributed by atoms with van der Waals surface area (Å²) < 4.78 is 32.3. The molecule has 32 heavy (non-hydrogen) atoms.